The molecule has 2 fully saturated rings. The first-order chi connectivity index (χ1) is 22.3. The summed E-state index contributed by atoms with van der Waals surface area (Å²) in [5.41, 5.74) is -1.29. The molecule has 260 valence electrons. The van der Waals surface area contributed by atoms with Crippen molar-refractivity contribution in [3.05, 3.63) is 63.0 Å². The lowest BCUT2D eigenvalue weighted by atomic mass is 9.89. The van der Waals surface area contributed by atoms with Crippen LogP contribution in [0.15, 0.2) is 46.0 Å². The number of carboxylic acid groups (broad SMARTS) is 1. The third-order valence-corrected chi connectivity index (χ3v) is 9.69. The van der Waals surface area contributed by atoms with Gasteiger partial charge in [0.2, 0.25) is 5.91 Å². The van der Waals surface area contributed by atoms with Gasteiger partial charge in [0.25, 0.3) is 5.92 Å². The summed E-state index contributed by atoms with van der Waals surface area (Å²) in [6.07, 6.45) is 1.70. The highest BCUT2D eigenvalue weighted by molar-refractivity contribution is 7.11. The number of halogens is 3. The molecule has 4 heterocycles. The molecule has 3 aliphatic rings. The second kappa shape index (κ2) is 12.9. The summed E-state index contributed by atoms with van der Waals surface area (Å²) in [6, 6.07) is 0.907. The van der Waals surface area contributed by atoms with Gasteiger partial charge < -0.3 is 15.2 Å². The van der Waals surface area contributed by atoms with Crippen LogP contribution in [0.3, 0.4) is 0 Å². The molecule has 1 aromatic carbocycles. The average Bonchev–Trinajstić information content (AvgIpc) is 3.69. The molecular weight excluding hydrogens is 649 g/mol. The van der Waals surface area contributed by atoms with Crippen molar-refractivity contribution in [1.29, 1.82) is 0 Å². The fourth-order valence-corrected chi connectivity index (χ4v) is 7.04. The number of esters is 1. The van der Waals surface area contributed by atoms with Crippen LogP contribution in [0.1, 0.15) is 70.1 Å². The Kier molecular flexibility index (Phi) is 9.53. The molecule has 48 heavy (non-hydrogen) atoms. The van der Waals surface area contributed by atoms with E-state index < -0.39 is 65.3 Å². The zero-order valence-corrected chi connectivity index (χ0v) is 28.8. The Balaban J connectivity index is 1.48. The number of benzene rings is 1. The molecule has 11 nitrogen and oxygen atoms in total. The van der Waals surface area contributed by atoms with Crippen molar-refractivity contribution < 1.29 is 37.4 Å². The van der Waals surface area contributed by atoms with Gasteiger partial charge in [0.15, 0.2) is 10.8 Å². The van der Waals surface area contributed by atoms with Crippen LogP contribution >= 0.6 is 11.3 Å². The second-order valence-electron chi connectivity index (χ2n) is 14.1. The minimum absolute atomic E-state index is 0.0144. The summed E-state index contributed by atoms with van der Waals surface area (Å²) in [5.74, 6) is -5.83. The van der Waals surface area contributed by atoms with Gasteiger partial charge in [-0.2, -0.15) is 0 Å². The van der Waals surface area contributed by atoms with Gasteiger partial charge >= 0.3 is 11.9 Å². The number of nitrogens with one attached hydrogen (secondary N) is 1. The maximum atomic E-state index is 16.0. The van der Waals surface area contributed by atoms with Gasteiger partial charge in [-0.25, -0.2) is 28.0 Å². The van der Waals surface area contributed by atoms with Gasteiger partial charge in [0.1, 0.15) is 23.5 Å². The van der Waals surface area contributed by atoms with Crippen LogP contribution in [0.5, 0.6) is 0 Å². The monoisotopic (exact) mass is 690 g/mol. The van der Waals surface area contributed by atoms with E-state index in [1.807, 2.05) is 0 Å². The molecule has 2 saturated heterocycles. The first-order valence-electron chi connectivity index (χ1n) is 15.7. The van der Waals surface area contributed by atoms with E-state index in [1.54, 1.807) is 52.3 Å². The van der Waals surface area contributed by atoms with Crippen molar-refractivity contribution in [2.24, 2.45) is 10.4 Å². The van der Waals surface area contributed by atoms with Crippen molar-refractivity contribution >= 4 is 35.0 Å². The molecule has 3 atom stereocenters. The smallest absolute Gasteiger partial charge is 0.335 e. The van der Waals surface area contributed by atoms with E-state index in [2.05, 4.69) is 15.3 Å². The molecule has 0 spiro atoms. The maximum Gasteiger partial charge on any atom is 0.335 e. The first kappa shape index (κ1) is 35.5. The van der Waals surface area contributed by atoms with Crippen molar-refractivity contribution in [3.8, 4) is 0 Å². The molecule has 0 bridgehead atoms. The molecule has 2 aromatic rings. The Hall–Kier alpha value is -3.82. The third-order valence-electron chi connectivity index (χ3n) is 8.91. The molecule has 1 aromatic heterocycles. The summed E-state index contributed by atoms with van der Waals surface area (Å²) in [4.78, 5) is 49.0. The Morgan fingerprint density at radius 3 is 2.50 bits per heavy atom. The fourth-order valence-electron chi connectivity index (χ4n) is 6.45. The van der Waals surface area contributed by atoms with Gasteiger partial charge in [-0.1, -0.05) is 12.1 Å². The number of carboxylic acids is 1. The minimum Gasteiger partial charge on any atom is -0.478 e. The van der Waals surface area contributed by atoms with Gasteiger partial charge in [-0.05, 0) is 65.2 Å². The summed E-state index contributed by atoms with van der Waals surface area (Å²) in [6.45, 7) is 10.4. The van der Waals surface area contributed by atoms with Crippen molar-refractivity contribution in [3.63, 3.8) is 0 Å². The molecule has 0 saturated carbocycles. The number of carbonyl (C=O) groups excluding carboxylic acids is 2. The number of aliphatic carboxylic acids is 1. The van der Waals surface area contributed by atoms with Gasteiger partial charge in [-0.3, -0.25) is 24.5 Å². The largest absolute Gasteiger partial charge is 0.478 e. The van der Waals surface area contributed by atoms with Gasteiger partial charge in [-0.15, -0.1) is 11.3 Å². The molecule has 0 aliphatic carbocycles. The summed E-state index contributed by atoms with van der Waals surface area (Å²) in [7, 11) is 0. The van der Waals surface area contributed by atoms with E-state index in [1.165, 1.54) is 52.2 Å². The number of nitrogens with zero attached hydrogens (tertiary/aromatic N) is 5. The van der Waals surface area contributed by atoms with Crippen LogP contribution < -0.4 is 5.32 Å². The lowest BCUT2D eigenvalue weighted by molar-refractivity contribution is -0.168. The summed E-state index contributed by atoms with van der Waals surface area (Å²) < 4.78 is 52.3. The quantitative estimate of drug-likeness (QED) is 0.365. The SMILES string of the molecule is CC(=O)N1CC2C(N1CCC(C)(C)C(=O)OC(C)(C)C)C(F)(F)CN2CC1=C(C(=O)O)[C@H](c2cccc(F)c2C)N=C(c2nccs2)N1. The predicted molar refractivity (Wildman–Crippen MR) is 173 cm³/mol. The van der Waals surface area contributed by atoms with Crippen LogP contribution in [0.2, 0.25) is 0 Å². The highest BCUT2D eigenvalue weighted by Crippen LogP contribution is 2.43. The van der Waals surface area contributed by atoms with Crippen LogP contribution in [0.25, 0.3) is 0 Å². The molecule has 3 aliphatic heterocycles. The molecular formula is C33H41F3N6O5S. The Morgan fingerprint density at radius 1 is 1.19 bits per heavy atom. The number of fused-ring (bicyclic) bond motifs is 1. The number of thiazole rings is 1. The number of amides is 1. The zero-order chi connectivity index (χ0) is 35.3. The van der Waals surface area contributed by atoms with E-state index in [-0.39, 0.29) is 48.7 Å². The van der Waals surface area contributed by atoms with Crippen LogP contribution in [0, 0.1) is 18.2 Å². The molecule has 2 unspecified atom stereocenters. The highest BCUT2D eigenvalue weighted by atomic mass is 32.1. The van der Waals surface area contributed by atoms with Crippen molar-refractivity contribution in [1.82, 2.24) is 25.2 Å². The molecule has 5 rings (SSSR count). The topological polar surface area (TPSA) is 128 Å². The normalized spacial score (nSPS) is 23.2. The Bertz CT molecular complexity index is 1650. The number of ether oxygens (including phenoxy) is 1. The number of aromatic nitrogens is 1. The lowest BCUT2D eigenvalue weighted by Crippen LogP contribution is -2.52. The number of hydrogen-bond acceptors (Lipinski definition) is 10. The van der Waals surface area contributed by atoms with E-state index in [0.717, 1.165) is 0 Å². The maximum absolute atomic E-state index is 16.0. The predicted octanol–water partition coefficient (Wildman–Crippen LogP) is 4.55. The molecule has 0 radical (unpaired) electrons. The number of amidine groups is 1. The van der Waals surface area contributed by atoms with Crippen molar-refractivity contribution in [2.75, 3.05) is 26.2 Å². The number of rotatable bonds is 9. The lowest BCUT2D eigenvalue weighted by Gasteiger charge is -2.36. The molecule has 2 N–H and O–H groups in total. The summed E-state index contributed by atoms with van der Waals surface area (Å²) in [5, 5.41) is 18.3. The van der Waals surface area contributed by atoms with Crippen LogP contribution in [-0.4, -0.2) is 98.5 Å². The third kappa shape index (κ3) is 6.99. The molecule has 15 heteroatoms. The fraction of sp³-hybridized carbons (Fsp3) is 0.545. The van der Waals surface area contributed by atoms with E-state index in [4.69, 9.17) is 4.74 Å². The first-order valence-corrected chi connectivity index (χ1v) is 16.5. The van der Waals surface area contributed by atoms with E-state index >= 15 is 8.78 Å². The van der Waals surface area contributed by atoms with Crippen LogP contribution in [-0.2, 0) is 19.1 Å². The zero-order valence-electron chi connectivity index (χ0n) is 28.0. The number of hydrogen-bond donors (Lipinski definition) is 2. The van der Waals surface area contributed by atoms with Gasteiger partial charge in [0.05, 0.1) is 30.1 Å². The highest BCUT2D eigenvalue weighted by Gasteiger charge is 2.62. The number of carbonyl (C=O) groups is 3. The number of hydrazine groups is 1. The van der Waals surface area contributed by atoms with Crippen LogP contribution in [0.4, 0.5) is 13.2 Å². The minimum atomic E-state index is -3.30. The Morgan fingerprint density at radius 2 is 1.90 bits per heavy atom. The standard InChI is InChI=1S/C33H41F3N6O5S/c1-18-20(9-8-10-21(18)34)25-24(29(44)45)22(38-27(39-25)28-37-12-14-48-28)15-40-17-33(35,36)26-23(40)16-42(19(2)43)41(26)13-11-32(6,7)30(46)47-31(3,4)5/h8-10,12,14,23,25-26H,11,13,15-17H2,1-7H3,(H,38,39)(H,44,45)/t23?,25-,26?/m0/s1. The van der Waals surface area contributed by atoms with E-state index in [9.17, 15) is 23.9 Å². The summed E-state index contributed by atoms with van der Waals surface area (Å²) >= 11 is 1.25. The average molecular weight is 691 g/mol. The van der Waals surface area contributed by atoms with E-state index in [0.29, 0.717) is 10.6 Å². The van der Waals surface area contributed by atoms with Gasteiger partial charge in [0, 0.05) is 37.3 Å². The second-order valence-corrected chi connectivity index (χ2v) is 15.0. The number of aliphatic imine (C=N–C) groups is 1. The van der Waals surface area contributed by atoms with Crippen molar-refractivity contribution in [2.45, 2.75) is 84.5 Å². The Labute approximate surface area is 281 Å². The molecule has 1 amide bonds. The number of alkyl halides is 2. The number of likely N-dealkylation sites (tertiary alicyclic amines) is 1.